The number of thioether (sulfide) groups is 1. The number of hydrogen-bond acceptors (Lipinski definition) is 4. The molecule has 0 saturated carbocycles. The highest BCUT2D eigenvalue weighted by Crippen LogP contribution is 2.24. The van der Waals surface area contributed by atoms with E-state index in [-0.39, 0.29) is 0 Å². The van der Waals surface area contributed by atoms with Gasteiger partial charge in [-0.1, -0.05) is 59.3 Å². The van der Waals surface area contributed by atoms with E-state index in [4.69, 9.17) is 4.74 Å². The van der Waals surface area contributed by atoms with Crippen molar-refractivity contribution in [1.82, 2.24) is 14.8 Å². The van der Waals surface area contributed by atoms with Crippen LogP contribution in [0.5, 0.6) is 5.75 Å². The lowest BCUT2D eigenvalue weighted by molar-refractivity contribution is 0.286. The first-order chi connectivity index (χ1) is 12.6. The standard InChI is InChI=1S/C21H25N3OS/c1-5-24-20(13-25-19-10-9-16(3)11-17(19)4)22-23-21(24)26-14-18-8-6-7-15(2)12-18/h6-12H,5,13-14H2,1-4H3. The summed E-state index contributed by atoms with van der Waals surface area (Å²) in [4.78, 5) is 0. The fraction of sp³-hybridized carbons (Fsp3) is 0.333. The molecule has 5 heteroatoms. The summed E-state index contributed by atoms with van der Waals surface area (Å²) in [6.45, 7) is 9.63. The fourth-order valence-electron chi connectivity index (χ4n) is 2.90. The monoisotopic (exact) mass is 367 g/mol. The number of aromatic nitrogens is 3. The number of ether oxygens (including phenoxy) is 1. The van der Waals surface area contributed by atoms with Crippen molar-refractivity contribution in [2.45, 2.75) is 51.8 Å². The van der Waals surface area contributed by atoms with E-state index < -0.39 is 0 Å². The van der Waals surface area contributed by atoms with Gasteiger partial charge in [-0.25, -0.2) is 0 Å². The molecule has 0 radical (unpaired) electrons. The van der Waals surface area contributed by atoms with Gasteiger partial charge in [0, 0.05) is 12.3 Å². The van der Waals surface area contributed by atoms with Crippen LogP contribution >= 0.6 is 11.8 Å². The van der Waals surface area contributed by atoms with Gasteiger partial charge in [0.2, 0.25) is 0 Å². The number of benzene rings is 2. The molecular weight excluding hydrogens is 342 g/mol. The van der Waals surface area contributed by atoms with Gasteiger partial charge >= 0.3 is 0 Å². The first-order valence-corrected chi connectivity index (χ1v) is 9.86. The lowest BCUT2D eigenvalue weighted by Gasteiger charge is -2.11. The van der Waals surface area contributed by atoms with E-state index in [0.29, 0.717) is 6.61 Å². The molecule has 0 amide bonds. The van der Waals surface area contributed by atoms with Gasteiger partial charge in [0.1, 0.15) is 12.4 Å². The van der Waals surface area contributed by atoms with E-state index in [0.717, 1.165) is 34.6 Å². The average Bonchev–Trinajstić information content (AvgIpc) is 3.01. The smallest absolute Gasteiger partial charge is 0.191 e. The maximum atomic E-state index is 5.98. The van der Waals surface area contributed by atoms with Crippen molar-refractivity contribution in [2.75, 3.05) is 0 Å². The van der Waals surface area contributed by atoms with Gasteiger partial charge in [0.15, 0.2) is 11.0 Å². The molecule has 0 aliphatic heterocycles. The Hall–Kier alpha value is -2.27. The molecule has 0 saturated heterocycles. The zero-order valence-electron chi connectivity index (χ0n) is 15.8. The summed E-state index contributed by atoms with van der Waals surface area (Å²) in [5, 5.41) is 9.65. The summed E-state index contributed by atoms with van der Waals surface area (Å²) in [6.07, 6.45) is 0. The second-order valence-corrected chi connectivity index (χ2v) is 7.42. The topological polar surface area (TPSA) is 39.9 Å². The van der Waals surface area contributed by atoms with Crippen molar-refractivity contribution in [3.05, 3.63) is 70.5 Å². The fourth-order valence-corrected chi connectivity index (χ4v) is 3.87. The first kappa shape index (κ1) is 18.5. The maximum Gasteiger partial charge on any atom is 0.191 e. The summed E-state index contributed by atoms with van der Waals surface area (Å²) in [5.74, 6) is 2.65. The molecule has 3 rings (SSSR count). The molecule has 1 heterocycles. The highest BCUT2D eigenvalue weighted by Gasteiger charge is 2.12. The van der Waals surface area contributed by atoms with E-state index >= 15 is 0 Å². The van der Waals surface area contributed by atoms with Crippen molar-refractivity contribution in [3.63, 3.8) is 0 Å². The van der Waals surface area contributed by atoms with Gasteiger partial charge in [-0.2, -0.15) is 0 Å². The Balaban J connectivity index is 1.67. The maximum absolute atomic E-state index is 5.98. The van der Waals surface area contributed by atoms with Gasteiger partial charge in [0.25, 0.3) is 0 Å². The molecule has 0 aliphatic carbocycles. The van der Waals surface area contributed by atoms with Crippen LogP contribution in [0.2, 0.25) is 0 Å². The van der Waals surface area contributed by atoms with Crippen LogP contribution in [-0.4, -0.2) is 14.8 Å². The lowest BCUT2D eigenvalue weighted by Crippen LogP contribution is -2.07. The molecule has 0 fully saturated rings. The van der Waals surface area contributed by atoms with Crippen LogP contribution in [0.3, 0.4) is 0 Å². The van der Waals surface area contributed by atoms with Crippen LogP contribution in [0.15, 0.2) is 47.6 Å². The third-order valence-electron chi connectivity index (χ3n) is 4.25. The van der Waals surface area contributed by atoms with E-state index in [1.807, 2.05) is 6.07 Å². The van der Waals surface area contributed by atoms with Gasteiger partial charge in [0.05, 0.1) is 0 Å². The summed E-state index contributed by atoms with van der Waals surface area (Å²) < 4.78 is 8.11. The summed E-state index contributed by atoms with van der Waals surface area (Å²) in [7, 11) is 0. The Kier molecular flexibility index (Phi) is 5.99. The van der Waals surface area contributed by atoms with Crippen LogP contribution < -0.4 is 4.74 Å². The van der Waals surface area contributed by atoms with E-state index in [2.05, 4.69) is 78.9 Å². The third kappa shape index (κ3) is 4.47. The quantitative estimate of drug-likeness (QED) is 0.545. The van der Waals surface area contributed by atoms with Crippen molar-refractivity contribution in [1.29, 1.82) is 0 Å². The highest BCUT2D eigenvalue weighted by atomic mass is 32.2. The number of nitrogens with zero attached hydrogens (tertiary/aromatic N) is 3. The first-order valence-electron chi connectivity index (χ1n) is 8.87. The minimum Gasteiger partial charge on any atom is -0.485 e. The molecule has 0 N–H and O–H groups in total. The van der Waals surface area contributed by atoms with Crippen LogP contribution in [-0.2, 0) is 18.9 Å². The zero-order chi connectivity index (χ0) is 18.5. The third-order valence-corrected chi connectivity index (χ3v) is 5.29. The van der Waals surface area contributed by atoms with Crippen molar-refractivity contribution >= 4 is 11.8 Å². The van der Waals surface area contributed by atoms with E-state index in [9.17, 15) is 0 Å². The molecule has 0 atom stereocenters. The predicted octanol–water partition coefficient (Wildman–Crippen LogP) is 5.09. The molecule has 136 valence electrons. The number of hydrogen-bond donors (Lipinski definition) is 0. The molecule has 1 aromatic heterocycles. The summed E-state index contributed by atoms with van der Waals surface area (Å²) in [6, 6.07) is 14.8. The highest BCUT2D eigenvalue weighted by molar-refractivity contribution is 7.98. The molecule has 0 unspecified atom stereocenters. The van der Waals surface area contributed by atoms with Gasteiger partial charge < -0.3 is 9.30 Å². The molecule has 4 nitrogen and oxygen atoms in total. The van der Waals surface area contributed by atoms with Crippen LogP contribution in [0.25, 0.3) is 0 Å². The van der Waals surface area contributed by atoms with Crippen LogP contribution in [0.4, 0.5) is 0 Å². The lowest BCUT2D eigenvalue weighted by atomic mass is 10.1. The van der Waals surface area contributed by atoms with Gasteiger partial charge in [-0.15, -0.1) is 10.2 Å². The van der Waals surface area contributed by atoms with Gasteiger partial charge in [-0.05, 0) is 44.9 Å². The number of aryl methyl sites for hydroxylation is 3. The Morgan fingerprint density at radius 3 is 2.54 bits per heavy atom. The molecule has 0 bridgehead atoms. The van der Waals surface area contributed by atoms with Crippen molar-refractivity contribution < 1.29 is 4.74 Å². The Bertz CT molecular complexity index is 889. The largest absolute Gasteiger partial charge is 0.485 e. The zero-order valence-corrected chi connectivity index (χ0v) is 16.6. The van der Waals surface area contributed by atoms with Crippen molar-refractivity contribution in [2.24, 2.45) is 0 Å². The summed E-state index contributed by atoms with van der Waals surface area (Å²) >= 11 is 1.71. The summed E-state index contributed by atoms with van der Waals surface area (Å²) in [5.41, 5.74) is 4.96. The molecule has 0 aliphatic rings. The Labute approximate surface area is 159 Å². The average molecular weight is 368 g/mol. The molecule has 3 aromatic rings. The normalized spacial score (nSPS) is 10.9. The van der Waals surface area contributed by atoms with Crippen LogP contribution in [0, 0.1) is 20.8 Å². The Morgan fingerprint density at radius 1 is 1.00 bits per heavy atom. The molecule has 0 spiro atoms. The minimum atomic E-state index is 0.426. The molecule has 2 aromatic carbocycles. The predicted molar refractivity (Wildman–Crippen MR) is 107 cm³/mol. The van der Waals surface area contributed by atoms with Gasteiger partial charge in [-0.3, -0.25) is 0 Å². The van der Waals surface area contributed by atoms with Crippen molar-refractivity contribution in [3.8, 4) is 5.75 Å². The SMILES string of the molecule is CCn1c(COc2ccc(C)cc2C)nnc1SCc1cccc(C)c1. The van der Waals surface area contributed by atoms with Crippen LogP contribution in [0.1, 0.15) is 35.0 Å². The minimum absolute atomic E-state index is 0.426. The van der Waals surface area contributed by atoms with E-state index in [1.54, 1.807) is 11.8 Å². The Morgan fingerprint density at radius 2 is 1.81 bits per heavy atom. The second kappa shape index (κ2) is 8.41. The second-order valence-electron chi connectivity index (χ2n) is 6.48. The van der Waals surface area contributed by atoms with E-state index in [1.165, 1.54) is 16.7 Å². The number of rotatable bonds is 7. The molecule has 26 heavy (non-hydrogen) atoms. The molecular formula is C21H25N3OS.